The van der Waals surface area contributed by atoms with Gasteiger partial charge in [0.1, 0.15) is 18.2 Å². The summed E-state index contributed by atoms with van der Waals surface area (Å²) in [6.07, 6.45) is 1.36. The highest BCUT2D eigenvalue weighted by Crippen LogP contribution is 2.25. The van der Waals surface area contributed by atoms with E-state index >= 15 is 0 Å². The van der Waals surface area contributed by atoms with Gasteiger partial charge in [-0.25, -0.2) is 13.6 Å². The normalized spacial score (nSPS) is 16.3. The quantitative estimate of drug-likeness (QED) is 0.458. The van der Waals surface area contributed by atoms with Crippen LogP contribution in [0.25, 0.3) is 10.9 Å². The number of piperazine rings is 1. The van der Waals surface area contributed by atoms with Crippen LogP contribution in [-0.2, 0) is 16.1 Å². The number of carboxylic acids is 1. The van der Waals surface area contributed by atoms with Crippen molar-refractivity contribution < 1.29 is 41.4 Å². The van der Waals surface area contributed by atoms with Crippen molar-refractivity contribution in [3.63, 3.8) is 0 Å². The van der Waals surface area contributed by atoms with E-state index in [0.717, 1.165) is 31.9 Å². The Bertz CT molecular complexity index is 1550. The third-order valence-corrected chi connectivity index (χ3v) is 7.23. The van der Waals surface area contributed by atoms with E-state index in [1.807, 2.05) is 4.90 Å². The van der Waals surface area contributed by atoms with Crippen molar-refractivity contribution in [2.45, 2.75) is 50.9 Å². The van der Waals surface area contributed by atoms with Crippen LogP contribution in [0.1, 0.15) is 48.0 Å². The minimum Gasteiger partial charge on any atom is -0.475 e. The largest absolute Gasteiger partial charge is 0.490 e. The van der Waals surface area contributed by atoms with Gasteiger partial charge < -0.3 is 14.9 Å². The molecule has 224 valence electrons. The Labute approximate surface area is 236 Å². The van der Waals surface area contributed by atoms with Gasteiger partial charge in [-0.3, -0.25) is 19.1 Å². The molecule has 0 atom stereocenters. The Balaban J connectivity index is 0.000000517. The molecule has 2 aliphatic rings. The standard InChI is InChI=1S/C26H26F2N4O3.C2HF3O2/c27-20-10-9-17(15-32-22-8-4-7-21(28)25(22)23(33)14-29-32)13-19(20)26(35)30-11-12-31(24(34)16-30)18-5-2-1-3-6-18;3-2(4,5)1(6)7/h4,7-10,13-14,18H,1-3,5-6,11-12,15-16H2;(H,6,7). The summed E-state index contributed by atoms with van der Waals surface area (Å²) in [7, 11) is 0. The summed E-state index contributed by atoms with van der Waals surface area (Å²) in [6, 6.07) is 8.66. The number of fused-ring (bicyclic) bond motifs is 1. The summed E-state index contributed by atoms with van der Waals surface area (Å²) in [4.78, 5) is 50.2. The van der Waals surface area contributed by atoms with Crippen molar-refractivity contribution in [2.75, 3.05) is 19.6 Å². The predicted molar refractivity (Wildman–Crippen MR) is 140 cm³/mol. The molecule has 0 radical (unpaired) electrons. The Kier molecular flexibility index (Phi) is 9.22. The Morgan fingerprint density at radius 1 is 0.976 bits per heavy atom. The molecule has 0 bridgehead atoms. The van der Waals surface area contributed by atoms with E-state index in [1.165, 1.54) is 46.3 Å². The second-order valence-corrected chi connectivity index (χ2v) is 10.0. The van der Waals surface area contributed by atoms with Gasteiger partial charge in [-0.1, -0.05) is 31.4 Å². The number of benzene rings is 2. The summed E-state index contributed by atoms with van der Waals surface area (Å²) in [5.41, 5.74) is 0.210. The van der Waals surface area contributed by atoms with Crippen molar-refractivity contribution in [3.8, 4) is 0 Å². The van der Waals surface area contributed by atoms with Crippen molar-refractivity contribution in [1.29, 1.82) is 0 Å². The molecule has 1 aromatic heterocycles. The number of aromatic nitrogens is 2. The minimum absolute atomic E-state index is 0.0653. The lowest BCUT2D eigenvalue weighted by Crippen LogP contribution is -2.55. The van der Waals surface area contributed by atoms with E-state index in [0.29, 0.717) is 24.2 Å². The number of carbonyl (C=O) groups is 3. The molecular formula is C28H27F5N4O5. The highest BCUT2D eigenvalue weighted by Gasteiger charge is 2.38. The number of rotatable bonds is 4. The molecule has 0 unspecified atom stereocenters. The average Bonchev–Trinajstić information content (AvgIpc) is 2.95. The average molecular weight is 595 g/mol. The number of alkyl halides is 3. The predicted octanol–water partition coefficient (Wildman–Crippen LogP) is 3.97. The van der Waals surface area contributed by atoms with Gasteiger partial charge in [0, 0.05) is 19.1 Å². The van der Waals surface area contributed by atoms with Crippen LogP contribution in [-0.4, -0.2) is 74.3 Å². The molecule has 2 aromatic carbocycles. The van der Waals surface area contributed by atoms with Crippen LogP contribution in [0, 0.1) is 11.6 Å². The number of hydrogen-bond acceptors (Lipinski definition) is 5. The maximum atomic E-state index is 14.7. The first-order valence-corrected chi connectivity index (χ1v) is 13.2. The number of carboxylic acid groups (broad SMARTS) is 1. The molecule has 1 N–H and O–H groups in total. The maximum Gasteiger partial charge on any atom is 0.490 e. The fourth-order valence-corrected chi connectivity index (χ4v) is 5.16. The zero-order valence-corrected chi connectivity index (χ0v) is 22.2. The van der Waals surface area contributed by atoms with E-state index in [1.54, 1.807) is 6.07 Å². The van der Waals surface area contributed by atoms with Crippen LogP contribution in [0.3, 0.4) is 0 Å². The molecule has 42 heavy (non-hydrogen) atoms. The maximum absolute atomic E-state index is 14.7. The highest BCUT2D eigenvalue weighted by atomic mass is 19.4. The monoisotopic (exact) mass is 594 g/mol. The van der Waals surface area contributed by atoms with Crippen LogP contribution < -0.4 is 5.43 Å². The number of halogens is 5. The Morgan fingerprint density at radius 2 is 1.67 bits per heavy atom. The Hall–Kier alpha value is -4.36. The van der Waals surface area contributed by atoms with Crippen LogP contribution in [0.2, 0.25) is 0 Å². The number of amides is 2. The van der Waals surface area contributed by atoms with Crippen molar-refractivity contribution in [1.82, 2.24) is 19.6 Å². The van der Waals surface area contributed by atoms with E-state index in [-0.39, 0.29) is 36.0 Å². The zero-order chi connectivity index (χ0) is 30.6. The molecule has 1 saturated carbocycles. The summed E-state index contributed by atoms with van der Waals surface area (Å²) < 4.78 is 62.1. The number of nitrogens with zero attached hydrogens (tertiary/aromatic N) is 4. The first-order chi connectivity index (χ1) is 19.9. The molecule has 0 spiro atoms. The molecule has 9 nitrogen and oxygen atoms in total. The lowest BCUT2D eigenvalue weighted by atomic mass is 9.93. The molecular weight excluding hydrogens is 567 g/mol. The molecule has 1 aliphatic carbocycles. The SMILES string of the molecule is O=C(O)C(F)(F)F.O=C(c1cc(Cn2ncc(=O)c3c(F)cccc32)ccc1F)N1CCN(C2CCCCC2)C(=O)C1. The third kappa shape index (κ3) is 6.92. The molecule has 14 heteroatoms. The lowest BCUT2D eigenvalue weighted by Gasteiger charge is -2.40. The van der Waals surface area contributed by atoms with Crippen LogP contribution in [0.5, 0.6) is 0 Å². The molecule has 2 heterocycles. The van der Waals surface area contributed by atoms with E-state index in [9.17, 15) is 36.3 Å². The van der Waals surface area contributed by atoms with E-state index in [2.05, 4.69) is 5.10 Å². The Morgan fingerprint density at radius 3 is 2.31 bits per heavy atom. The van der Waals surface area contributed by atoms with Gasteiger partial charge in [0.2, 0.25) is 11.3 Å². The van der Waals surface area contributed by atoms with E-state index < -0.39 is 35.1 Å². The van der Waals surface area contributed by atoms with Gasteiger partial charge in [-0.2, -0.15) is 18.3 Å². The molecule has 5 rings (SSSR count). The highest BCUT2D eigenvalue weighted by molar-refractivity contribution is 5.97. The fraction of sp³-hybridized carbons (Fsp3) is 0.393. The lowest BCUT2D eigenvalue weighted by molar-refractivity contribution is -0.192. The van der Waals surface area contributed by atoms with Gasteiger partial charge in [0.25, 0.3) is 5.91 Å². The number of carbonyl (C=O) groups excluding carboxylic acids is 2. The molecule has 3 aromatic rings. The molecule has 2 amide bonds. The minimum atomic E-state index is -5.08. The van der Waals surface area contributed by atoms with Crippen LogP contribution in [0.4, 0.5) is 22.0 Å². The van der Waals surface area contributed by atoms with Crippen molar-refractivity contribution in [3.05, 3.63) is 75.6 Å². The van der Waals surface area contributed by atoms with Crippen LogP contribution >= 0.6 is 0 Å². The van der Waals surface area contributed by atoms with Gasteiger partial charge in [-0.05, 0) is 42.7 Å². The number of aliphatic carboxylic acids is 1. The topological polar surface area (TPSA) is 113 Å². The molecule has 2 fully saturated rings. The van der Waals surface area contributed by atoms with E-state index in [4.69, 9.17) is 9.90 Å². The third-order valence-electron chi connectivity index (χ3n) is 7.23. The molecule has 1 saturated heterocycles. The van der Waals surface area contributed by atoms with Crippen molar-refractivity contribution in [2.24, 2.45) is 0 Å². The summed E-state index contributed by atoms with van der Waals surface area (Å²) >= 11 is 0. The van der Waals surface area contributed by atoms with Gasteiger partial charge in [-0.15, -0.1) is 0 Å². The first-order valence-electron chi connectivity index (χ1n) is 13.2. The van der Waals surface area contributed by atoms with Crippen LogP contribution in [0.15, 0.2) is 47.4 Å². The van der Waals surface area contributed by atoms with Gasteiger partial charge in [0.05, 0.1) is 29.2 Å². The first kappa shape index (κ1) is 30.6. The number of hydrogen-bond donors (Lipinski definition) is 1. The summed E-state index contributed by atoms with van der Waals surface area (Å²) in [6.45, 7) is 0.852. The second-order valence-electron chi connectivity index (χ2n) is 10.0. The van der Waals surface area contributed by atoms with Gasteiger partial charge >= 0.3 is 12.1 Å². The van der Waals surface area contributed by atoms with Gasteiger partial charge in [0.15, 0.2) is 0 Å². The van der Waals surface area contributed by atoms with Crippen molar-refractivity contribution >= 4 is 28.7 Å². The summed E-state index contributed by atoms with van der Waals surface area (Å²) in [5, 5.41) is 11.1. The fourth-order valence-electron chi connectivity index (χ4n) is 5.16. The molecule has 1 aliphatic heterocycles. The summed E-state index contributed by atoms with van der Waals surface area (Å²) in [5.74, 6) is -4.71. The smallest absolute Gasteiger partial charge is 0.475 e. The zero-order valence-electron chi connectivity index (χ0n) is 22.2. The second kappa shape index (κ2) is 12.7.